The van der Waals surface area contributed by atoms with Crippen LogP contribution in [0.1, 0.15) is 0 Å². The van der Waals surface area contributed by atoms with Crippen LogP contribution in [0.5, 0.6) is 0 Å². The number of hydrogen-bond acceptors (Lipinski definition) is 5. The largest absolute Gasteiger partial charge is 0.284 e. The average Bonchev–Trinajstić information content (AvgIpc) is 2.26. The van der Waals surface area contributed by atoms with Crippen molar-refractivity contribution >= 4 is 45.0 Å². The molecule has 0 aromatic heterocycles. The Morgan fingerprint density at radius 1 is 1.31 bits per heavy atom. The lowest BCUT2D eigenvalue weighted by molar-refractivity contribution is -0.384. The number of halogens is 2. The fraction of sp³-hybridized carbons (Fsp3) is 0. The van der Waals surface area contributed by atoms with Crippen LogP contribution >= 0.6 is 23.2 Å². The molecule has 0 amide bonds. The van der Waals surface area contributed by atoms with Crippen molar-refractivity contribution in [3.8, 4) is 0 Å². The topological polar surface area (TPSA) is 84.6 Å². The van der Waals surface area contributed by atoms with Gasteiger partial charge in [0.05, 0.1) is 10.6 Å². The van der Waals surface area contributed by atoms with Crippen LogP contribution < -0.4 is 5.43 Å². The molecule has 0 saturated carbocycles. The van der Waals surface area contributed by atoms with Gasteiger partial charge in [0.15, 0.2) is 0 Å². The highest BCUT2D eigenvalue weighted by atomic mass is 35.5. The van der Waals surface area contributed by atoms with E-state index in [-0.39, 0.29) is 5.69 Å². The highest BCUT2D eigenvalue weighted by Gasteiger charge is 2.05. The van der Waals surface area contributed by atoms with Gasteiger partial charge in [0.1, 0.15) is 0 Å². The van der Waals surface area contributed by atoms with E-state index >= 15 is 0 Å². The molecule has 1 N–H and O–H groups in total. The van der Waals surface area contributed by atoms with Crippen molar-refractivity contribution in [1.29, 1.82) is 0 Å². The van der Waals surface area contributed by atoms with Crippen LogP contribution in [0.4, 0.5) is 11.4 Å². The summed E-state index contributed by atoms with van der Waals surface area (Å²) < 4.78 is 0. The first-order chi connectivity index (χ1) is 7.50. The lowest BCUT2D eigenvalue weighted by atomic mass is 10.3. The number of nitrogens with zero attached hydrogens (tertiary/aromatic N) is 2. The zero-order valence-electron chi connectivity index (χ0n) is 7.68. The zero-order valence-corrected chi connectivity index (χ0v) is 9.20. The van der Waals surface area contributed by atoms with Gasteiger partial charge in [-0.3, -0.25) is 20.3 Å². The van der Waals surface area contributed by atoms with E-state index in [4.69, 9.17) is 23.2 Å². The Labute approximate surface area is 100.0 Å². The summed E-state index contributed by atoms with van der Waals surface area (Å²) in [6.45, 7) is 0. The predicted molar refractivity (Wildman–Crippen MR) is 60.9 cm³/mol. The van der Waals surface area contributed by atoms with E-state index in [1.54, 1.807) is 0 Å². The molecule has 0 saturated heterocycles. The van der Waals surface area contributed by atoms with E-state index < -0.39 is 15.3 Å². The number of hydrazone groups is 1. The Balaban J connectivity index is 2.73. The summed E-state index contributed by atoms with van der Waals surface area (Å²) in [6, 6.07) is 5.41. The van der Waals surface area contributed by atoms with E-state index in [9.17, 15) is 14.9 Å². The van der Waals surface area contributed by atoms with Crippen molar-refractivity contribution in [3.63, 3.8) is 0 Å². The Bertz CT molecular complexity index is 444. The summed E-state index contributed by atoms with van der Waals surface area (Å²) >= 11 is 10.4. The maximum absolute atomic E-state index is 10.5. The third-order valence-electron chi connectivity index (χ3n) is 1.52. The first-order valence-corrected chi connectivity index (χ1v) is 4.70. The third kappa shape index (κ3) is 3.48. The second-order valence-corrected chi connectivity index (χ2v) is 3.29. The minimum Gasteiger partial charge on any atom is -0.277 e. The van der Waals surface area contributed by atoms with Gasteiger partial charge in [-0.25, -0.2) is 0 Å². The smallest absolute Gasteiger partial charge is 0.277 e. The van der Waals surface area contributed by atoms with Gasteiger partial charge in [-0.05, 0) is 23.7 Å². The summed E-state index contributed by atoms with van der Waals surface area (Å²) in [5, 5.41) is 12.5. The zero-order chi connectivity index (χ0) is 12.1. The van der Waals surface area contributed by atoms with Gasteiger partial charge in [-0.15, -0.1) is 0 Å². The maximum Gasteiger partial charge on any atom is 0.284 e. The molecule has 84 valence electrons. The van der Waals surface area contributed by atoms with Gasteiger partial charge in [0.2, 0.25) is 5.17 Å². The number of rotatable bonds is 4. The summed E-state index contributed by atoms with van der Waals surface area (Å²) in [6.07, 6.45) is 0. The van der Waals surface area contributed by atoms with Crippen LogP contribution in [0.2, 0.25) is 0 Å². The second-order valence-electron chi connectivity index (χ2n) is 2.59. The van der Waals surface area contributed by atoms with Gasteiger partial charge in [-0.1, -0.05) is 11.6 Å². The van der Waals surface area contributed by atoms with Crippen LogP contribution in [0, 0.1) is 10.1 Å². The molecule has 8 heteroatoms. The Hall–Kier alpha value is -1.66. The van der Waals surface area contributed by atoms with Gasteiger partial charge >= 0.3 is 0 Å². The number of carbonyl (C=O) groups is 1. The fourth-order valence-electron chi connectivity index (χ4n) is 0.815. The molecule has 0 bridgehead atoms. The molecule has 0 atom stereocenters. The lowest BCUT2D eigenvalue weighted by Gasteiger charge is -1.99. The van der Waals surface area contributed by atoms with Crippen LogP contribution in [0.15, 0.2) is 29.4 Å². The molecule has 6 nitrogen and oxygen atoms in total. The van der Waals surface area contributed by atoms with E-state index in [1.807, 2.05) is 0 Å². The monoisotopic (exact) mass is 261 g/mol. The van der Waals surface area contributed by atoms with Crippen molar-refractivity contribution in [2.75, 3.05) is 5.43 Å². The fourth-order valence-corrected chi connectivity index (χ4v) is 0.900. The molecular weight excluding hydrogens is 257 g/mol. The number of nitrogens with one attached hydrogen (secondary N) is 1. The maximum atomic E-state index is 10.5. The number of carbonyl (C=O) groups excluding carboxylic acids is 1. The summed E-state index contributed by atoms with van der Waals surface area (Å²) in [5.41, 5.74) is 2.82. The van der Waals surface area contributed by atoms with Crippen molar-refractivity contribution in [3.05, 3.63) is 34.4 Å². The van der Waals surface area contributed by atoms with Crippen LogP contribution in [-0.4, -0.2) is 15.3 Å². The SMILES string of the molecule is O=C(Cl)C(Cl)=NNc1ccc([N+](=O)[O-])cc1. The van der Waals surface area contributed by atoms with Crippen LogP contribution in [0.25, 0.3) is 0 Å². The molecule has 0 fully saturated rings. The minimum atomic E-state index is -0.893. The summed E-state index contributed by atoms with van der Waals surface area (Å²) in [5.74, 6) is 0. The number of nitro groups is 1. The quantitative estimate of drug-likeness (QED) is 0.390. The Morgan fingerprint density at radius 2 is 1.88 bits per heavy atom. The van der Waals surface area contributed by atoms with Crippen molar-refractivity contribution in [2.45, 2.75) is 0 Å². The predicted octanol–water partition coefficient (Wildman–Crippen LogP) is 2.32. The molecule has 1 rings (SSSR count). The second kappa shape index (κ2) is 5.43. The number of non-ortho nitro benzene ring substituents is 1. The molecule has 1 aromatic carbocycles. The molecular formula is C8H5Cl2N3O3. The van der Waals surface area contributed by atoms with E-state index in [1.165, 1.54) is 24.3 Å². The molecule has 0 heterocycles. The highest BCUT2D eigenvalue weighted by Crippen LogP contribution is 2.15. The van der Waals surface area contributed by atoms with Gasteiger partial charge in [0, 0.05) is 12.1 Å². The standard InChI is InChI=1S/C8H5Cl2N3O3/c9-7(8(10)14)12-11-5-1-3-6(4-2-5)13(15)16/h1-4,11H. The Morgan fingerprint density at radius 3 is 2.31 bits per heavy atom. The molecule has 0 aliphatic carbocycles. The lowest BCUT2D eigenvalue weighted by Crippen LogP contribution is -2.02. The third-order valence-corrected chi connectivity index (χ3v) is 2.06. The Kier molecular flexibility index (Phi) is 4.21. The molecule has 0 unspecified atom stereocenters. The first kappa shape index (κ1) is 12.4. The van der Waals surface area contributed by atoms with Crippen molar-refractivity contribution in [1.82, 2.24) is 0 Å². The van der Waals surface area contributed by atoms with Gasteiger partial charge in [0.25, 0.3) is 10.9 Å². The number of anilines is 1. The minimum absolute atomic E-state index is 0.0472. The summed E-state index contributed by atoms with van der Waals surface area (Å²) in [4.78, 5) is 20.3. The molecule has 0 aliphatic heterocycles. The molecule has 0 radical (unpaired) electrons. The molecule has 16 heavy (non-hydrogen) atoms. The summed E-state index contributed by atoms with van der Waals surface area (Å²) in [7, 11) is 0. The molecule has 0 aliphatic rings. The number of nitro benzene ring substituents is 1. The normalized spacial score (nSPS) is 11.0. The van der Waals surface area contributed by atoms with E-state index in [0.29, 0.717) is 5.69 Å². The van der Waals surface area contributed by atoms with Crippen molar-refractivity contribution in [2.24, 2.45) is 5.10 Å². The van der Waals surface area contributed by atoms with Gasteiger partial charge in [-0.2, -0.15) is 5.10 Å². The first-order valence-electron chi connectivity index (χ1n) is 3.94. The van der Waals surface area contributed by atoms with Gasteiger partial charge < -0.3 is 0 Å². The van der Waals surface area contributed by atoms with E-state index in [2.05, 4.69) is 10.5 Å². The number of benzene rings is 1. The van der Waals surface area contributed by atoms with Crippen LogP contribution in [0.3, 0.4) is 0 Å². The van der Waals surface area contributed by atoms with Crippen LogP contribution in [-0.2, 0) is 4.79 Å². The van der Waals surface area contributed by atoms with E-state index in [0.717, 1.165) is 0 Å². The van der Waals surface area contributed by atoms with Crippen molar-refractivity contribution < 1.29 is 9.72 Å². The molecule has 0 spiro atoms. The number of hydrogen-bond donors (Lipinski definition) is 1. The molecule has 1 aromatic rings. The average molecular weight is 262 g/mol. The highest BCUT2D eigenvalue weighted by molar-refractivity contribution is 6.99.